The molecule has 1 amide bonds. The van der Waals surface area contributed by atoms with Crippen LogP contribution in [0.2, 0.25) is 5.15 Å². The zero-order valence-corrected chi connectivity index (χ0v) is 16.6. The molecule has 1 aliphatic rings. The summed E-state index contributed by atoms with van der Waals surface area (Å²) >= 11 is 6.06. The molecule has 5 nitrogen and oxygen atoms in total. The van der Waals surface area contributed by atoms with Crippen molar-refractivity contribution >= 4 is 23.2 Å². The van der Waals surface area contributed by atoms with Gasteiger partial charge in [0.2, 0.25) is 0 Å². The van der Waals surface area contributed by atoms with Gasteiger partial charge in [0.05, 0.1) is 11.7 Å². The van der Waals surface area contributed by atoms with Crippen LogP contribution in [0, 0.1) is 12.8 Å². The first kappa shape index (κ1) is 19.2. The molecule has 1 N–H and O–H groups in total. The molecule has 1 atom stereocenters. The number of carbonyl (C=O) groups excluding carboxylic acids is 1. The fourth-order valence-corrected chi connectivity index (χ4v) is 3.67. The zero-order chi connectivity index (χ0) is 18.7. The van der Waals surface area contributed by atoms with Gasteiger partial charge < -0.3 is 14.5 Å². The molecule has 1 fully saturated rings. The standard InChI is InChI=1S/C20H28ClN3O2/c1-4-13(2)12-26-16-7-5-15(6-8-16)22-20(25)17-9-10-24-14(3)11-18(21)23-19(17)24/h9-11,13,15-16H,4-8,12H2,1-3H3,(H,22,25). The highest BCUT2D eigenvalue weighted by Crippen LogP contribution is 2.23. The lowest BCUT2D eigenvalue weighted by molar-refractivity contribution is 0.00537. The van der Waals surface area contributed by atoms with Crippen LogP contribution in [-0.4, -0.2) is 34.0 Å². The predicted molar refractivity (Wildman–Crippen MR) is 104 cm³/mol. The Hall–Kier alpha value is -1.59. The summed E-state index contributed by atoms with van der Waals surface area (Å²) in [7, 11) is 0. The van der Waals surface area contributed by atoms with Crippen LogP contribution in [0.4, 0.5) is 0 Å². The van der Waals surface area contributed by atoms with Gasteiger partial charge in [-0.1, -0.05) is 31.9 Å². The molecular formula is C20H28ClN3O2. The first-order valence-corrected chi connectivity index (χ1v) is 9.92. The number of nitrogens with zero attached hydrogens (tertiary/aromatic N) is 2. The average molecular weight is 378 g/mol. The summed E-state index contributed by atoms with van der Waals surface area (Å²) in [6, 6.07) is 3.79. The van der Waals surface area contributed by atoms with E-state index in [1.54, 1.807) is 6.07 Å². The molecule has 142 valence electrons. The van der Waals surface area contributed by atoms with Crippen LogP contribution in [-0.2, 0) is 4.74 Å². The minimum Gasteiger partial charge on any atom is -0.378 e. The summed E-state index contributed by atoms with van der Waals surface area (Å²) in [5.41, 5.74) is 2.14. The maximum absolute atomic E-state index is 12.7. The van der Waals surface area contributed by atoms with Crippen molar-refractivity contribution in [2.24, 2.45) is 5.92 Å². The van der Waals surface area contributed by atoms with Crippen molar-refractivity contribution in [3.63, 3.8) is 0 Å². The third-order valence-electron chi connectivity index (χ3n) is 5.35. The SMILES string of the molecule is CCC(C)COC1CCC(NC(=O)c2ccn3c(C)cc(Cl)nc23)CC1. The first-order valence-electron chi connectivity index (χ1n) is 9.54. The number of rotatable bonds is 6. The van der Waals surface area contributed by atoms with Gasteiger partial charge in [-0.3, -0.25) is 4.79 Å². The van der Waals surface area contributed by atoms with Gasteiger partial charge in [0, 0.05) is 24.5 Å². The summed E-state index contributed by atoms with van der Waals surface area (Å²) in [6.07, 6.45) is 7.25. The van der Waals surface area contributed by atoms with Crippen molar-refractivity contribution in [2.75, 3.05) is 6.61 Å². The van der Waals surface area contributed by atoms with Crippen LogP contribution in [0.5, 0.6) is 0 Å². The molecule has 0 aromatic carbocycles. The van der Waals surface area contributed by atoms with Crippen LogP contribution in [0.3, 0.4) is 0 Å². The first-order chi connectivity index (χ1) is 12.5. The molecule has 2 aromatic heterocycles. The van der Waals surface area contributed by atoms with E-state index in [1.807, 2.05) is 23.6 Å². The molecule has 1 unspecified atom stereocenters. The zero-order valence-electron chi connectivity index (χ0n) is 15.8. The van der Waals surface area contributed by atoms with E-state index in [9.17, 15) is 4.79 Å². The second kappa shape index (κ2) is 8.40. The molecule has 1 aliphatic carbocycles. The molecule has 2 heterocycles. The van der Waals surface area contributed by atoms with Gasteiger partial charge in [-0.25, -0.2) is 4.98 Å². The minimum absolute atomic E-state index is 0.0781. The Labute approximate surface area is 160 Å². The summed E-state index contributed by atoms with van der Waals surface area (Å²) < 4.78 is 7.89. The number of hydrogen-bond donors (Lipinski definition) is 1. The average Bonchev–Trinajstić information content (AvgIpc) is 3.05. The van der Waals surface area contributed by atoms with Crippen LogP contribution in [0.1, 0.15) is 62.0 Å². The summed E-state index contributed by atoms with van der Waals surface area (Å²) in [6.45, 7) is 7.19. The molecule has 0 saturated heterocycles. The van der Waals surface area contributed by atoms with Gasteiger partial charge in [0.15, 0.2) is 5.65 Å². The van der Waals surface area contributed by atoms with Crippen molar-refractivity contribution in [3.05, 3.63) is 34.7 Å². The number of amides is 1. The lowest BCUT2D eigenvalue weighted by Crippen LogP contribution is -2.39. The van der Waals surface area contributed by atoms with Gasteiger partial charge in [-0.05, 0) is 50.7 Å². The summed E-state index contributed by atoms with van der Waals surface area (Å²) in [5.74, 6) is 0.531. The van der Waals surface area contributed by atoms with Crippen molar-refractivity contribution in [1.29, 1.82) is 0 Å². The Bertz CT molecular complexity index is 766. The number of halogens is 1. The Morgan fingerprint density at radius 2 is 2.15 bits per heavy atom. The highest BCUT2D eigenvalue weighted by molar-refractivity contribution is 6.29. The van der Waals surface area contributed by atoms with Crippen LogP contribution < -0.4 is 5.32 Å². The van der Waals surface area contributed by atoms with E-state index >= 15 is 0 Å². The van der Waals surface area contributed by atoms with Crippen LogP contribution in [0.15, 0.2) is 18.3 Å². The highest BCUT2D eigenvalue weighted by Gasteiger charge is 2.24. The molecule has 1 saturated carbocycles. The minimum atomic E-state index is -0.0781. The molecule has 0 bridgehead atoms. The summed E-state index contributed by atoms with van der Waals surface area (Å²) in [5, 5.41) is 3.56. The summed E-state index contributed by atoms with van der Waals surface area (Å²) in [4.78, 5) is 17.0. The highest BCUT2D eigenvalue weighted by atomic mass is 35.5. The maximum Gasteiger partial charge on any atom is 0.255 e. The number of carbonyl (C=O) groups is 1. The van der Waals surface area contributed by atoms with E-state index in [1.165, 1.54) is 0 Å². The van der Waals surface area contributed by atoms with Crippen molar-refractivity contribution < 1.29 is 9.53 Å². The Morgan fingerprint density at radius 1 is 1.42 bits per heavy atom. The van der Waals surface area contributed by atoms with Crippen molar-refractivity contribution in [2.45, 2.75) is 65.0 Å². The number of aryl methyl sites for hydroxylation is 1. The normalized spacial score (nSPS) is 21.7. The molecule has 3 rings (SSSR count). The quantitative estimate of drug-likeness (QED) is 0.759. The molecule has 2 aromatic rings. The molecule has 0 aliphatic heterocycles. The van der Waals surface area contributed by atoms with E-state index in [0.29, 0.717) is 28.4 Å². The molecule has 6 heteroatoms. The van der Waals surface area contributed by atoms with Crippen molar-refractivity contribution in [3.8, 4) is 0 Å². The third kappa shape index (κ3) is 4.38. The maximum atomic E-state index is 12.7. The Kier molecular flexibility index (Phi) is 6.20. The largest absolute Gasteiger partial charge is 0.378 e. The number of fused-ring (bicyclic) bond motifs is 1. The Morgan fingerprint density at radius 3 is 2.85 bits per heavy atom. The van der Waals surface area contributed by atoms with Crippen LogP contribution >= 0.6 is 11.6 Å². The molecule has 0 radical (unpaired) electrons. The van der Waals surface area contributed by atoms with E-state index < -0.39 is 0 Å². The van der Waals surface area contributed by atoms with Gasteiger partial charge in [0.25, 0.3) is 5.91 Å². The fourth-order valence-electron chi connectivity index (χ4n) is 3.43. The monoisotopic (exact) mass is 377 g/mol. The van der Waals surface area contributed by atoms with Gasteiger partial charge >= 0.3 is 0 Å². The predicted octanol–water partition coefficient (Wildman–Crippen LogP) is 4.40. The topological polar surface area (TPSA) is 55.6 Å². The number of nitrogens with one attached hydrogen (secondary N) is 1. The lowest BCUT2D eigenvalue weighted by Gasteiger charge is -2.29. The second-order valence-corrected chi connectivity index (χ2v) is 7.82. The number of ether oxygens (including phenoxy) is 1. The molecular weight excluding hydrogens is 350 g/mol. The van der Waals surface area contributed by atoms with E-state index in [2.05, 4.69) is 24.1 Å². The molecule has 26 heavy (non-hydrogen) atoms. The smallest absolute Gasteiger partial charge is 0.255 e. The second-order valence-electron chi connectivity index (χ2n) is 7.44. The van der Waals surface area contributed by atoms with E-state index in [0.717, 1.165) is 44.4 Å². The lowest BCUT2D eigenvalue weighted by atomic mass is 9.92. The van der Waals surface area contributed by atoms with Gasteiger partial charge in [-0.2, -0.15) is 0 Å². The van der Waals surface area contributed by atoms with Crippen LogP contribution in [0.25, 0.3) is 5.65 Å². The van der Waals surface area contributed by atoms with E-state index in [-0.39, 0.29) is 11.9 Å². The molecule has 0 spiro atoms. The van der Waals surface area contributed by atoms with Gasteiger partial charge in [0.1, 0.15) is 5.15 Å². The fraction of sp³-hybridized carbons (Fsp3) is 0.600. The van der Waals surface area contributed by atoms with Gasteiger partial charge in [-0.15, -0.1) is 0 Å². The van der Waals surface area contributed by atoms with Crippen molar-refractivity contribution in [1.82, 2.24) is 14.7 Å². The number of aromatic nitrogens is 2. The third-order valence-corrected chi connectivity index (χ3v) is 5.54. The number of hydrogen-bond acceptors (Lipinski definition) is 3. The Balaban J connectivity index is 1.57. The van der Waals surface area contributed by atoms with E-state index in [4.69, 9.17) is 16.3 Å².